The Kier molecular flexibility index (Phi) is 23.5. The largest absolute Gasteiger partial charge is 0.506 e. The third kappa shape index (κ3) is 15.2. The Hall–Kier alpha value is -3.42. The smallest absolute Gasteiger partial charge is 0.331 e. The van der Waals surface area contributed by atoms with Crippen LogP contribution in [0.2, 0.25) is 0 Å². The minimum Gasteiger partial charge on any atom is -0.506 e. The maximum atomic E-state index is 13.6. The lowest BCUT2D eigenvalue weighted by Crippen LogP contribution is -2.66. The van der Waals surface area contributed by atoms with Crippen molar-refractivity contribution in [1.82, 2.24) is 0 Å². The molecule has 4 saturated heterocycles. The van der Waals surface area contributed by atoms with Gasteiger partial charge in [0.05, 0.1) is 62.9 Å². The third-order valence-corrected chi connectivity index (χ3v) is 17.6. The number of aliphatic hydroxyl groups is 16. The Morgan fingerprint density at radius 3 is 1.87 bits per heavy atom. The molecular formula is C55H85O29+. The number of carbonyl (C=O) groups is 2. The Balaban J connectivity index is 1.10. The van der Waals surface area contributed by atoms with Crippen LogP contribution < -0.4 is 0 Å². The van der Waals surface area contributed by atoms with Crippen LogP contribution >= 0.6 is 0 Å². The van der Waals surface area contributed by atoms with E-state index >= 15 is 0 Å². The number of fused-ring (bicyclic) bond motifs is 1. The van der Waals surface area contributed by atoms with Crippen molar-refractivity contribution in [1.29, 1.82) is 0 Å². The Morgan fingerprint density at radius 1 is 0.607 bits per heavy atom. The number of esters is 2. The minimum atomic E-state index is -2.08. The highest BCUT2D eigenvalue weighted by molar-refractivity contribution is 5.83. The quantitative estimate of drug-likeness (QED) is 0.0308. The van der Waals surface area contributed by atoms with Crippen LogP contribution in [0.4, 0.5) is 0 Å². The molecule has 84 heavy (non-hydrogen) atoms. The van der Waals surface area contributed by atoms with E-state index in [1.807, 2.05) is 0 Å². The van der Waals surface area contributed by atoms with E-state index in [4.69, 9.17) is 61.6 Å². The van der Waals surface area contributed by atoms with Gasteiger partial charge in [-0.05, 0) is 56.1 Å². The molecule has 0 radical (unpaired) electrons. The van der Waals surface area contributed by atoms with E-state index in [2.05, 4.69) is 0 Å². The SMILES string of the molecule is COC1=C(O)[C@@H](OC)CC(C=CC(=O)O[C@H]2[C@H](O[C@H]3[C@H](OC4CC5C(O[C@@H]6O[C@H](CO)[C@@H](O)[C@H](O)[C@H]6O)CC(O)CC5[OH+]C4C4CCC(O)C(O)C4)O[C@H](COC(=O)C=CC4CC(OC)C(O)C(OC)C4)[C@@H](O)[C@@H]3O)O[C@H](CO)[C@@H](O)[C@@H]2O)=C1. The molecule has 4 aliphatic carbocycles. The van der Waals surface area contributed by atoms with Crippen LogP contribution in [0.15, 0.2) is 47.5 Å². The summed E-state index contributed by atoms with van der Waals surface area (Å²) in [6, 6.07) is 0. The molecule has 0 amide bonds. The molecule has 29 heteroatoms. The van der Waals surface area contributed by atoms with Crippen molar-refractivity contribution in [3.05, 3.63) is 47.5 Å². The lowest BCUT2D eigenvalue weighted by atomic mass is 9.72. The van der Waals surface area contributed by atoms with Gasteiger partial charge >= 0.3 is 11.9 Å². The highest BCUT2D eigenvalue weighted by Crippen LogP contribution is 2.45. The maximum absolute atomic E-state index is 13.6. The first-order chi connectivity index (χ1) is 40.1. The van der Waals surface area contributed by atoms with Crippen molar-refractivity contribution in [2.45, 2.75) is 217 Å². The monoisotopic (exact) mass is 1210 g/mol. The zero-order chi connectivity index (χ0) is 60.8. The summed E-state index contributed by atoms with van der Waals surface area (Å²) in [5, 5.41) is 153. The molecule has 0 spiro atoms. The van der Waals surface area contributed by atoms with E-state index in [0.29, 0.717) is 24.8 Å². The van der Waals surface area contributed by atoms with Gasteiger partial charge in [-0.1, -0.05) is 12.2 Å². The number of aliphatic hydroxyl groups excluding tert-OH is 14. The molecule has 0 bridgehead atoms. The fraction of sp³-hybridized carbons (Fsp3) is 0.818. The van der Waals surface area contributed by atoms with Crippen LogP contribution in [-0.4, -0.2) is 296 Å². The van der Waals surface area contributed by atoms with E-state index in [1.54, 1.807) is 6.08 Å². The normalized spacial score (nSPS) is 45.9. The number of hydrogen-bond acceptors (Lipinski definition) is 28. The molecule has 4 aliphatic heterocycles. The highest BCUT2D eigenvalue weighted by Gasteiger charge is 2.58. The minimum absolute atomic E-state index is 0.0235. The van der Waals surface area contributed by atoms with Gasteiger partial charge in [-0.2, -0.15) is 0 Å². The Morgan fingerprint density at radius 2 is 1.23 bits per heavy atom. The summed E-state index contributed by atoms with van der Waals surface area (Å²) < 4.78 is 75.4. The van der Waals surface area contributed by atoms with Gasteiger partial charge in [0.25, 0.3) is 0 Å². The van der Waals surface area contributed by atoms with Gasteiger partial charge in [0.2, 0.25) is 0 Å². The molecule has 4 heterocycles. The van der Waals surface area contributed by atoms with E-state index in [-0.39, 0.29) is 56.0 Å². The van der Waals surface area contributed by atoms with Crippen LogP contribution in [0.5, 0.6) is 0 Å². The van der Waals surface area contributed by atoms with Gasteiger partial charge in [0, 0.05) is 58.7 Å². The molecule has 27 atom stereocenters. The number of ether oxygens (including phenoxy) is 13. The molecule has 8 rings (SSSR count). The summed E-state index contributed by atoms with van der Waals surface area (Å²) in [5.41, 5.74) is 0.439. The molecule has 15 N–H and O–H groups in total. The lowest BCUT2D eigenvalue weighted by Gasteiger charge is -2.51. The zero-order valence-electron chi connectivity index (χ0n) is 47.0. The van der Waals surface area contributed by atoms with Crippen molar-refractivity contribution >= 4 is 11.9 Å². The second-order valence-corrected chi connectivity index (χ2v) is 22.9. The second kappa shape index (κ2) is 29.7. The summed E-state index contributed by atoms with van der Waals surface area (Å²) in [6.07, 6.45) is -29.4. The van der Waals surface area contributed by atoms with Crippen molar-refractivity contribution < 1.29 is 143 Å². The molecule has 0 aromatic heterocycles. The van der Waals surface area contributed by atoms with Gasteiger partial charge in [-0.3, -0.25) is 0 Å². The third-order valence-electron chi connectivity index (χ3n) is 17.6. The van der Waals surface area contributed by atoms with Crippen LogP contribution in [0.25, 0.3) is 0 Å². The van der Waals surface area contributed by atoms with Crippen molar-refractivity contribution in [2.24, 2.45) is 17.8 Å². The topological polar surface area (TPSA) is 441 Å². The first-order valence-electron chi connectivity index (χ1n) is 28.4. The van der Waals surface area contributed by atoms with Gasteiger partial charge in [0.15, 0.2) is 48.7 Å². The predicted molar refractivity (Wildman–Crippen MR) is 279 cm³/mol. The van der Waals surface area contributed by atoms with Gasteiger partial charge < -0.3 is 133 Å². The lowest BCUT2D eigenvalue weighted by molar-refractivity contribution is -0.390. The van der Waals surface area contributed by atoms with E-state index < -0.39 is 203 Å². The van der Waals surface area contributed by atoms with E-state index in [9.17, 15) is 81.1 Å². The van der Waals surface area contributed by atoms with E-state index in [1.165, 1.54) is 40.6 Å². The number of methoxy groups -OCH3 is 4. The van der Waals surface area contributed by atoms with Crippen molar-refractivity contribution in [3.8, 4) is 0 Å². The summed E-state index contributed by atoms with van der Waals surface area (Å²) in [5.74, 6) is -3.65. The Labute approximate surface area is 484 Å². The molecule has 7 fully saturated rings. The van der Waals surface area contributed by atoms with Crippen LogP contribution in [0, 0.1) is 17.8 Å². The molecule has 29 nitrogen and oxygen atoms in total. The fourth-order valence-corrected chi connectivity index (χ4v) is 12.8. The number of rotatable bonds is 20. The van der Waals surface area contributed by atoms with Crippen LogP contribution in [-0.2, 0) is 66.4 Å². The standard InChI is InChI=1S/C55H84O29/c1-72-31-11-22(12-32(73-2)41(31)63)5-9-39(61)76-21-38-45(67)48(70)52(84-55-51(47(69)44(66)37(20-57)81-55)83-40(62)10-6-23-13-33(74-3)42(64)34(14-23)75-4)54(82-38)79-35-18-26-29(77-50(35)24-7-8-27(59)28(60)15-24)16-25(58)17-30(26)78-53-49(71)46(68)43(65)36(19-56)80-53/h5-6,9-10,13,22,24-32,34-38,41,43-60,63-71H,7-8,11-12,14-21H2,1-4H3/p+1/t22?,24?,25?,26?,27?,28?,29?,30?,31?,32?,34-,35?,36+,37+,38+,41?,43+,44+,45+,46-,47-,48-,49+,50?,51+,52+,53+,54+,55-/m0/s1. The number of carbonyl (C=O) groups excluding carboxylic acids is 2. The van der Waals surface area contributed by atoms with Crippen molar-refractivity contribution in [3.63, 3.8) is 0 Å². The average Bonchev–Trinajstić information content (AvgIpc) is 1.95. The molecule has 8 aliphatic rings. The number of allylic oxidation sites excluding steroid dienone is 3. The summed E-state index contributed by atoms with van der Waals surface area (Å²) in [4.78, 5) is 27.0. The van der Waals surface area contributed by atoms with E-state index in [0.717, 1.165) is 12.2 Å². The first-order valence-corrected chi connectivity index (χ1v) is 28.4. The predicted octanol–water partition coefficient (Wildman–Crippen LogP) is -5.08. The molecule has 0 aromatic rings. The average molecular weight is 1210 g/mol. The first kappa shape index (κ1) is 66.5. The molecule has 478 valence electrons. The van der Waals surface area contributed by atoms with Crippen LogP contribution in [0.3, 0.4) is 0 Å². The van der Waals surface area contributed by atoms with Gasteiger partial charge in [-0.25, -0.2) is 9.59 Å². The fourth-order valence-electron chi connectivity index (χ4n) is 12.8. The van der Waals surface area contributed by atoms with Crippen LogP contribution in [0.1, 0.15) is 57.8 Å². The maximum Gasteiger partial charge on any atom is 0.331 e. The highest BCUT2D eigenvalue weighted by atomic mass is 16.8. The van der Waals surface area contributed by atoms with Crippen molar-refractivity contribution in [2.75, 3.05) is 48.3 Å². The second-order valence-electron chi connectivity index (χ2n) is 22.9. The summed E-state index contributed by atoms with van der Waals surface area (Å²) in [6.45, 7) is -2.38. The summed E-state index contributed by atoms with van der Waals surface area (Å²) >= 11 is 0. The Bertz CT molecular complexity index is 2250. The molecule has 0 aromatic carbocycles. The summed E-state index contributed by atoms with van der Waals surface area (Å²) in [7, 11) is 5.56. The number of hydrogen-bond donors (Lipinski definition) is 14. The van der Waals surface area contributed by atoms with Gasteiger partial charge in [-0.15, -0.1) is 0 Å². The molecule has 3 saturated carbocycles. The molecule has 11 unspecified atom stereocenters. The zero-order valence-corrected chi connectivity index (χ0v) is 47.0. The molecular weight excluding hydrogens is 1120 g/mol. The van der Waals surface area contributed by atoms with Gasteiger partial charge in [0.1, 0.15) is 92.1 Å².